The van der Waals surface area contributed by atoms with Crippen molar-refractivity contribution in [1.82, 2.24) is 9.88 Å². The second-order valence-electron chi connectivity index (χ2n) is 6.89. The number of ether oxygens (including phenoxy) is 2. The van der Waals surface area contributed by atoms with E-state index in [1.165, 1.54) is 0 Å². The molecule has 2 heterocycles. The number of pyridine rings is 1. The third-order valence-corrected chi connectivity index (χ3v) is 3.81. The van der Waals surface area contributed by atoms with Crippen LogP contribution in [0.15, 0.2) is 18.5 Å². The standard InChI is InChI=1S/C17H27N3O3/c1-5-22-14-8-13(9-19-10-14)15(18)12-6-7-20(11-12)16(21)23-17(2,3)4/h8-10,12,15H,5-7,11,18H2,1-4H3. The lowest BCUT2D eigenvalue weighted by Crippen LogP contribution is -2.36. The maximum absolute atomic E-state index is 12.1. The molecule has 0 aromatic carbocycles. The summed E-state index contributed by atoms with van der Waals surface area (Å²) >= 11 is 0. The van der Waals surface area contributed by atoms with Crippen LogP contribution in [0.25, 0.3) is 0 Å². The van der Waals surface area contributed by atoms with E-state index in [-0.39, 0.29) is 18.1 Å². The maximum Gasteiger partial charge on any atom is 0.410 e. The van der Waals surface area contributed by atoms with Gasteiger partial charge in [-0.3, -0.25) is 4.98 Å². The van der Waals surface area contributed by atoms with Crippen LogP contribution in [0.1, 0.15) is 45.7 Å². The molecule has 0 saturated carbocycles. The van der Waals surface area contributed by atoms with Crippen molar-refractivity contribution < 1.29 is 14.3 Å². The molecule has 1 saturated heterocycles. The van der Waals surface area contributed by atoms with Gasteiger partial charge in [0.05, 0.1) is 12.8 Å². The van der Waals surface area contributed by atoms with E-state index in [0.717, 1.165) is 17.7 Å². The van der Waals surface area contributed by atoms with Crippen LogP contribution in [0, 0.1) is 5.92 Å². The Morgan fingerprint density at radius 1 is 1.48 bits per heavy atom. The Labute approximate surface area is 138 Å². The zero-order valence-electron chi connectivity index (χ0n) is 14.4. The zero-order valence-corrected chi connectivity index (χ0v) is 14.4. The predicted molar refractivity (Wildman–Crippen MR) is 88.2 cm³/mol. The van der Waals surface area contributed by atoms with E-state index in [0.29, 0.717) is 19.7 Å². The maximum atomic E-state index is 12.1. The number of likely N-dealkylation sites (tertiary alicyclic amines) is 1. The molecule has 1 fully saturated rings. The number of amides is 1. The Morgan fingerprint density at radius 2 is 2.22 bits per heavy atom. The van der Waals surface area contributed by atoms with Gasteiger partial charge in [-0.05, 0) is 51.7 Å². The lowest BCUT2D eigenvalue weighted by molar-refractivity contribution is 0.0286. The van der Waals surface area contributed by atoms with Gasteiger partial charge in [-0.2, -0.15) is 0 Å². The number of carbonyl (C=O) groups excluding carboxylic acids is 1. The van der Waals surface area contributed by atoms with Crippen LogP contribution in [0.4, 0.5) is 4.79 Å². The monoisotopic (exact) mass is 321 g/mol. The first-order chi connectivity index (χ1) is 10.8. The van der Waals surface area contributed by atoms with Crippen LogP contribution in [0.5, 0.6) is 5.75 Å². The quantitative estimate of drug-likeness (QED) is 0.922. The van der Waals surface area contributed by atoms with Crippen molar-refractivity contribution in [2.45, 2.75) is 45.8 Å². The highest BCUT2D eigenvalue weighted by Gasteiger charge is 2.33. The summed E-state index contributed by atoms with van der Waals surface area (Å²) < 4.78 is 10.9. The van der Waals surface area contributed by atoms with Crippen LogP contribution < -0.4 is 10.5 Å². The average molecular weight is 321 g/mol. The normalized spacial score (nSPS) is 19.5. The molecule has 0 bridgehead atoms. The molecule has 1 aliphatic heterocycles. The molecule has 2 N–H and O–H groups in total. The van der Waals surface area contributed by atoms with Crippen LogP contribution >= 0.6 is 0 Å². The molecule has 0 spiro atoms. The van der Waals surface area contributed by atoms with Crippen molar-refractivity contribution in [3.8, 4) is 5.75 Å². The van der Waals surface area contributed by atoms with Gasteiger partial charge in [0.2, 0.25) is 0 Å². The first kappa shape index (κ1) is 17.5. The van der Waals surface area contributed by atoms with E-state index < -0.39 is 5.60 Å². The predicted octanol–water partition coefficient (Wildman–Crippen LogP) is 2.74. The van der Waals surface area contributed by atoms with E-state index in [1.54, 1.807) is 17.3 Å². The minimum atomic E-state index is -0.479. The van der Waals surface area contributed by atoms with Gasteiger partial charge in [-0.1, -0.05) is 0 Å². The molecular weight excluding hydrogens is 294 g/mol. The molecule has 128 valence electrons. The molecule has 23 heavy (non-hydrogen) atoms. The van der Waals surface area contributed by atoms with Crippen LogP contribution in [-0.2, 0) is 4.74 Å². The molecule has 1 aromatic rings. The van der Waals surface area contributed by atoms with Gasteiger partial charge in [0, 0.05) is 25.3 Å². The topological polar surface area (TPSA) is 77.7 Å². The van der Waals surface area contributed by atoms with Crippen molar-refractivity contribution in [3.63, 3.8) is 0 Å². The minimum Gasteiger partial charge on any atom is -0.492 e. The van der Waals surface area contributed by atoms with Crippen molar-refractivity contribution in [2.75, 3.05) is 19.7 Å². The third kappa shape index (κ3) is 4.82. The molecule has 6 nitrogen and oxygen atoms in total. The number of rotatable bonds is 4. The summed E-state index contributed by atoms with van der Waals surface area (Å²) in [4.78, 5) is 18.1. The summed E-state index contributed by atoms with van der Waals surface area (Å²) in [5.41, 5.74) is 6.84. The van der Waals surface area contributed by atoms with E-state index >= 15 is 0 Å². The number of hydrogen-bond acceptors (Lipinski definition) is 5. The van der Waals surface area contributed by atoms with Crippen molar-refractivity contribution in [2.24, 2.45) is 11.7 Å². The van der Waals surface area contributed by atoms with Crippen molar-refractivity contribution in [1.29, 1.82) is 0 Å². The summed E-state index contributed by atoms with van der Waals surface area (Å²) in [5.74, 6) is 0.920. The van der Waals surface area contributed by atoms with Gasteiger partial charge in [0.15, 0.2) is 0 Å². The highest BCUT2D eigenvalue weighted by molar-refractivity contribution is 5.68. The van der Waals surface area contributed by atoms with E-state index in [1.807, 2.05) is 33.8 Å². The van der Waals surface area contributed by atoms with E-state index in [2.05, 4.69) is 4.98 Å². The fourth-order valence-electron chi connectivity index (χ4n) is 2.71. The second-order valence-corrected chi connectivity index (χ2v) is 6.89. The number of hydrogen-bond donors (Lipinski definition) is 1. The summed E-state index contributed by atoms with van der Waals surface area (Å²) in [5, 5.41) is 0. The Morgan fingerprint density at radius 3 is 2.87 bits per heavy atom. The van der Waals surface area contributed by atoms with Crippen LogP contribution in [0.3, 0.4) is 0 Å². The average Bonchev–Trinajstić information content (AvgIpc) is 2.95. The summed E-state index contributed by atoms with van der Waals surface area (Å²) in [6, 6.07) is 1.76. The zero-order chi connectivity index (χ0) is 17.0. The first-order valence-corrected chi connectivity index (χ1v) is 8.11. The fraction of sp³-hybridized carbons (Fsp3) is 0.647. The number of aromatic nitrogens is 1. The summed E-state index contributed by atoms with van der Waals surface area (Å²) in [6.45, 7) is 9.42. The van der Waals surface area contributed by atoms with Crippen molar-refractivity contribution >= 4 is 6.09 Å². The van der Waals surface area contributed by atoms with Gasteiger partial charge >= 0.3 is 6.09 Å². The smallest absolute Gasteiger partial charge is 0.410 e. The molecular formula is C17H27N3O3. The Bertz CT molecular complexity index is 542. The fourth-order valence-corrected chi connectivity index (χ4v) is 2.71. The SMILES string of the molecule is CCOc1cncc(C(N)C2CCN(C(=O)OC(C)(C)C)C2)c1. The Balaban J connectivity index is 1.98. The Kier molecular flexibility index (Phi) is 5.46. The van der Waals surface area contributed by atoms with Crippen LogP contribution in [0.2, 0.25) is 0 Å². The number of nitrogens with zero attached hydrogens (tertiary/aromatic N) is 2. The highest BCUT2D eigenvalue weighted by atomic mass is 16.6. The molecule has 1 amide bonds. The molecule has 6 heteroatoms. The van der Waals surface area contributed by atoms with E-state index in [4.69, 9.17) is 15.2 Å². The molecule has 2 unspecified atom stereocenters. The summed E-state index contributed by atoms with van der Waals surface area (Å²) in [7, 11) is 0. The van der Waals surface area contributed by atoms with Gasteiger partial charge in [0.25, 0.3) is 0 Å². The summed E-state index contributed by atoms with van der Waals surface area (Å²) in [6.07, 6.45) is 4.04. The lowest BCUT2D eigenvalue weighted by atomic mass is 9.94. The molecule has 2 atom stereocenters. The van der Waals surface area contributed by atoms with Gasteiger partial charge in [-0.25, -0.2) is 4.79 Å². The molecule has 0 radical (unpaired) electrons. The highest BCUT2D eigenvalue weighted by Crippen LogP contribution is 2.30. The number of nitrogens with two attached hydrogens (primary N) is 1. The Hall–Kier alpha value is -1.82. The van der Waals surface area contributed by atoms with Gasteiger partial charge < -0.3 is 20.1 Å². The molecule has 2 rings (SSSR count). The molecule has 1 aliphatic rings. The van der Waals surface area contributed by atoms with Gasteiger partial charge in [0.1, 0.15) is 11.4 Å². The lowest BCUT2D eigenvalue weighted by Gasteiger charge is -2.25. The van der Waals surface area contributed by atoms with Gasteiger partial charge in [-0.15, -0.1) is 0 Å². The molecule has 0 aliphatic carbocycles. The minimum absolute atomic E-state index is 0.171. The third-order valence-electron chi connectivity index (χ3n) is 3.81. The largest absolute Gasteiger partial charge is 0.492 e. The first-order valence-electron chi connectivity index (χ1n) is 8.11. The van der Waals surface area contributed by atoms with E-state index in [9.17, 15) is 4.79 Å². The van der Waals surface area contributed by atoms with Crippen molar-refractivity contribution in [3.05, 3.63) is 24.0 Å². The van der Waals surface area contributed by atoms with Crippen LogP contribution in [-0.4, -0.2) is 41.3 Å². The molecule has 1 aromatic heterocycles. The second kappa shape index (κ2) is 7.17. The number of carbonyl (C=O) groups is 1.